The summed E-state index contributed by atoms with van der Waals surface area (Å²) < 4.78 is 2.12. The van der Waals surface area contributed by atoms with Gasteiger partial charge in [0, 0.05) is 30.7 Å². The predicted molar refractivity (Wildman–Crippen MR) is 86.8 cm³/mol. The summed E-state index contributed by atoms with van der Waals surface area (Å²) in [5, 5.41) is 3.33. The normalized spacial score (nSPS) is 12.8. The Labute approximate surface area is 130 Å². The first-order valence-electron chi connectivity index (χ1n) is 7.44. The van der Waals surface area contributed by atoms with Crippen LogP contribution in [0.5, 0.6) is 0 Å². The number of aryl methyl sites for hydroxylation is 2. The molecule has 0 bridgehead atoms. The van der Waals surface area contributed by atoms with Crippen LogP contribution in [0, 0.1) is 13.8 Å². The van der Waals surface area contributed by atoms with Crippen LogP contribution < -0.4 is 5.32 Å². The van der Waals surface area contributed by atoms with E-state index in [4.69, 9.17) is 0 Å². The van der Waals surface area contributed by atoms with E-state index in [1.54, 1.807) is 11.3 Å². The minimum Gasteiger partial charge on any atom is -0.342 e. The Kier molecular flexibility index (Phi) is 5.00. The first kappa shape index (κ1) is 16.0. The number of amides is 1. The number of aromatic nitrogens is 2. The molecule has 116 valence electrons. The van der Waals surface area contributed by atoms with E-state index in [2.05, 4.69) is 27.8 Å². The lowest BCUT2D eigenvalue weighted by atomic mass is 10.2. The smallest absolute Gasteiger partial charge is 0.239 e. The number of likely N-dealkylation sites (N-methyl/N-ethyl adjacent to an activating group) is 1. The SMILES string of the molecule is CCN(CC)C(=O)C(C)NCc1c(C)nc2sc(C)cn12. The molecular weight excluding hydrogens is 284 g/mol. The van der Waals surface area contributed by atoms with Crippen molar-refractivity contribution in [2.45, 2.75) is 47.2 Å². The van der Waals surface area contributed by atoms with Gasteiger partial charge in [-0.2, -0.15) is 0 Å². The van der Waals surface area contributed by atoms with Gasteiger partial charge in [0.05, 0.1) is 17.4 Å². The van der Waals surface area contributed by atoms with Crippen LogP contribution in [0.25, 0.3) is 4.96 Å². The Balaban J connectivity index is 2.07. The van der Waals surface area contributed by atoms with Crippen molar-refractivity contribution >= 4 is 22.2 Å². The van der Waals surface area contributed by atoms with Gasteiger partial charge in [0.25, 0.3) is 0 Å². The molecule has 0 aliphatic rings. The molecule has 6 heteroatoms. The van der Waals surface area contributed by atoms with Crippen molar-refractivity contribution < 1.29 is 4.79 Å². The van der Waals surface area contributed by atoms with Gasteiger partial charge in [-0.15, -0.1) is 11.3 Å². The summed E-state index contributed by atoms with van der Waals surface area (Å²) in [5.74, 6) is 0.153. The van der Waals surface area contributed by atoms with Crippen molar-refractivity contribution in [2.75, 3.05) is 13.1 Å². The lowest BCUT2D eigenvalue weighted by Gasteiger charge is -2.23. The molecule has 5 nitrogen and oxygen atoms in total. The zero-order valence-electron chi connectivity index (χ0n) is 13.4. The molecule has 0 aromatic carbocycles. The highest BCUT2D eigenvalue weighted by atomic mass is 32.1. The molecule has 0 saturated carbocycles. The van der Waals surface area contributed by atoms with Crippen molar-refractivity contribution in [1.29, 1.82) is 0 Å². The van der Waals surface area contributed by atoms with E-state index >= 15 is 0 Å². The van der Waals surface area contributed by atoms with Crippen molar-refractivity contribution in [1.82, 2.24) is 19.6 Å². The van der Waals surface area contributed by atoms with Crippen molar-refractivity contribution in [3.8, 4) is 0 Å². The van der Waals surface area contributed by atoms with E-state index in [0.29, 0.717) is 6.54 Å². The van der Waals surface area contributed by atoms with Gasteiger partial charge in [0.2, 0.25) is 5.91 Å². The Morgan fingerprint density at radius 2 is 2.10 bits per heavy atom. The third-order valence-electron chi connectivity index (χ3n) is 3.76. The number of nitrogens with zero attached hydrogens (tertiary/aromatic N) is 3. The predicted octanol–water partition coefficient (Wildman–Crippen LogP) is 2.36. The number of rotatable bonds is 6. The number of carbonyl (C=O) groups excluding carboxylic acids is 1. The highest BCUT2D eigenvalue weighted by Crippen LogP contribution is 2.20. The standard InChI is InChI=1S/C15H24N4OS/c1-6-18(7-2)14(20)12(5)16-8-13-11(4)17-15-19(13)9-10(3)21-15/h9,12,16H,6-8H2,1-5H3. The summed E-state index contributed by atoms with van der Waals surface area (Å²) in [6, 6.07) is -0.186. The van der Waals surface area contributed by atoms with E-state index in [9.17, 15) is 4.79 Å². The second-order valence-electron chi connectivity index (χ2n) is 5.25. The molecule has 21 heavy (non-hydrogen) atoms. The van der Waals surface area contributed by atoms with Crippen LogP contribution in [0.4, 0.5) is 0 Å². The molecule has 0 aliphatic heterocycles. The molecule has 1 N–H and O–H groups in total. The first-order chi connectivity index (χ1) is 9.97. The Hall–Kier alpha value is -1.40. The molecule has 1 atom stereocenters. The lowest BCUT2D eigenvalue weighted by Crippen LogP contribution is -2.44. The van der Waals surface area contributed by atoms with Gasteiger partial charge < -0.3 is 10.2 Å². The largest absolute Gasteiger partial charge is 0.342 e. The zero-order valence-corrected chi connectivity index (χ0v) is 14.3. The molecule has 0 radical (unpaired) electrons. The van der Waals surface area contributed by atoms with Gasteiger partial charge in [-0.05, 0) is 34.6 Å². The molecule has 0 saturated heterocycles. The van der Waals surface area contributed by atoms with Crippen LogP contribution >= 0.6 is 11.3 Å². The van der Waals surface area contributed by atoms with Crippen molar-refractivity contribution in [3.05, 3.63) is 22.5 Å². The maximum atomic E-state index is 12.3. The summed E-state index contributed by atoms with van der Waals surface area (Å²) >= 11 is 1.69. The topological polar surface area (TPSA) is 49.6 Å². The first-order valence-corrected chi connectivity index (χ1v) is 8.25. The quantitative estimate of drug-likeness (QED) is 0.891. The fraction of sp³-hybridized carbons (Fsp3) is 0.600. The summed E-state index contributed by atoms with van der Waals surface area (Å²) in [7, 11) is 0. The van der Waals surface area contributed by atoms with Crippen LogP contribution in [0.15, 0.2) is 6.20 Å². The second-order valence-corrected chi connectivity index (χ2v) is 6.46. The molecule has 2 aromatic rings. The highest BCUT2D eigenvalue weighted by Gasteiger charge is 2.19. The molecule has 1 amide bonds. The maximum Gasteiger partial charge on any atom is 0.239 e. The molecule has 0 spiro atoms. The van der Waals surface area contributed by atoms with Crippen LogP contribution in [-0.2, 0) is 11.3 Å². The molecular formula is C15H24N4OS. The van der Waals surface area contributed by atoms with E-state index in [0.717, 1.165) is 29.4 Å². The molecule has 2 aromatic heterocycles. The van der Waals surface area contributed by atoms with E-state index in [1.807, 2.05) is 32.6 Å². The highest BCUT2D eigenvalue weighted by molar-refractivity contribution is 7.17. The maximum absolute atomic E-state index is 12.3. The lowest BCUT2D eigenvalue weighted by molar-refractivity contribution is -0.132. The number of hydrogen-bond acceptors (Lipinski definition) is 4. The number of imidazole rings is 1. The van der Waals surface area contributed by atoms with Crippen LogP contribution in [-0.4, -0.2) is 39.3 Å². The third-order valence-corrected chi connectivity index (χ3v) is 4.66. The van der Waals surface area contributed by atoms with Crippen LogP contribution in [0.3, 0.4) is 0 Å². The van der Waals surface area contributed by atoms with Crippen molar-refractivity contribution in [2.24, 2.45) is 0 Å². The van der Waals surface area contributed by atoms with E-state index in [1.165, 1.54) is 4.88 Å². The van der Waals surface area contributed by atoms with Gasteiger partial charge in [-0.1, -0.05) is 0 Å². The summed E-state index contributed by atoms with van der Waals surface area (Å²) in [5.41, 5.74) is 2.16. The third kappa shape index (κ3) is 3.27. The number of fused-ring (bicyclic) bond motifs is 1. The summed E-state index contributed by atoms with van der Waals surface area (Å²) in [6.45, 7) is 12.2. The minimum atomic E-state index is -0.186. The van der Waals surface area contributed by atoms with Gasteiger partial charge in [0.1, 0.15) is 0 Å². The average molecular weight is 308 g/mol. The van der Waals surface area contributed by atoms with Crippen molar-refractivity contribution in [3.63, 3.8) is 0 Å². The van der Waals surface area contributed by atoms with Gasteiger partial charge >= 0.3 is 0 Å². The van der Waals surface area contributed by atoms with Gasteiger partial charge in [-0.3, -0.25) is 9.20 Å². The number of nitrogens with one attached hydrogen (secondary N) is 1. The second kappa shape index (κ2) is 6.58. The molecule has 2 heterocycles. The Bertz CT molecular complexity index is 627. The number of thiazole rings is 1. The Morgan fingerprint density at radius 3 is 2.71 bits per heavy atom. The van der Waals surface area contributed by atoms with Gasteiger partial charge in [0.15, 0.2) is 4.96 Å². The Morgan fingerprint density at radius 1 is 1.43 bits per heavy atom. The molecule has 0 fully saturated rings. The number of carbonyl (C=O) groups is 1. The summed E-state index contributed by atoms with van der Waals surface area (Å²) in [6.07, 6.45) is 2.11. The van der Waals surface area contributed by atoms with E-state index in [-0.39, 0.29) is 11.9 Å². The molecule has 1 unspecified atom stereocenters. The fourth-order valence-corrected chi connectivity index (χ4v) is 3.36. The number of hydrogen-bond donors (Lipinski definition) is 1. The molecule has 2 rings (SSSR count). The minimum absolute atomic E-state index is 0.153. The van der Waals surface area contributed by atoms with Crippen LogP contribution in [0.1, 0.15) is 37.0 Å². The zero-order chi connectivity index (χ0) is 15.6. The fourth-order valence-electron chi connectivity index (χ4n) is 2.47. The van der Waals surface area contributed by atoms with Gasteiger partial charge in [-0.25, -0.2) is 4.98 Å². The van der Waals surface area contributed by atoms with E-state index < -0.39 is 0 Å². The monoisotopic (exact) mass is 308 g/mol. The van der Waals surface area contributed by atoms with Crippen LogP contribution in [0.2, 0.25) is 0 Å². The average Bonchev–Trinajstić information content (AvgIpc) is 2.92. The summed E-state index contributed by atoms with van der Waals surface area (Å²) in [4.78, 5) is 20.9. The molecule has 0 aliphatic carbocycles.